The normalized spacial score (nSPS) is 11.9. The second-order valence-corrected chi connectivity index (χ2v) is 5.62. The predicted octanol–water partition coefficient (Wildman–Crippen LogP) is 2.19. The molecule has 0 aliphatic heterocycles. The van der Waals surface area contributed by atoms with E-state index >= 15 is 0 Å². The van der Waals surface area contributed by atoms with E-state index in [1.165, 1.54) is 11.3 Å². The van der Waals surface area contributed by atoms with E-state index in [0.29, 0.717) is 10.7 Å². The number of benzene rings is 1. The molecule has 0 radical (unpaired) electrons. The molecule has 1 aromatic carbocycles. The lowest BCUT2D eigenvalue weighted by atomic mass is 10.1. The second kappa shape index (κ2) is 6.99. The molecule has 2 N–H and O–H groups in total. The zero-order valence-corrected chi connectivity index (χ0v) is 12.4. The van der Waals surface area contributed by atoms with Crippen molar-refractivity contribution in [1.29, 1.82) is 0 Å². The maximum absolute atomic E-state index is 12.0. The smallest absolute Gasteiger partial charge is 0.309 e. The third kappa shape index (κ3) is 4.68. The van der Waals surface area contributed by atoms with Crippen molar-refractivity contribution in [1.82, 2.24) is 10.3 Å². The summed E-state index contributed by atoms with van der Waals surface area (Å²) in [4.78, 5) is 26.7. The molecule has 0 bridgehead atoms. The molecule has 21 heavy (non-hydrogen) atoms. The Kier molecular flexibility index (Phi) is 5.05. The molecular weight excluding hydrogens is 288 g/mol. The Morgan fingerprint density at radius 1 is 1.29 bits per heavy atom. The molecule has 5 nitrogen and oxygen atoms in total. The summed E-state index contributed by atoms with van der Waals surface area (Å²) in [6.45, 7) is 1.92. The Labute approximate surface area is 126 Å². The second-order valence-electron chi connectivity index (χ2n) is 4.68. The van der Waals surface area contributed by atoms with Gasteiger partial charge in [0.2, 0.25) is 5.91 Å². The number of rotatable bonds is 6. The summed E-state index contributed by atoms with van der Waals surface area (Å²) >= 11 is 1.31. The van der Waals surface area contributed by atoms with Crippen LogP contribution >= 0.6 is 11.3 Å². The first-order valence-corrected chi connectivity index (χ1v) is 7.42. The van der Waals surface area contributed by atoms with E-state index in [1.807, 2.05) is 37.3 Å². The van der Waals surface area contributed by atoms with Gasteiger partial charge >= 0.3 is 5.97 Å². The van der Waals surface area contributed by atoms with Crippen molar-refractivity contribution in [2.45, 2.75) is 25.8 Å². The Hall–Kier alpha value is -2.21. The van der Waals surface area contributed by atoms with Crippen molar-refractivity contribution >= 4 is 23.2 Å². The summed E-state index contributed by atoms with van der Waals surface area (Å²) in [7, 11) is 0. The van der Waals surface area contributed by atoms with Gasteiger partial charge in [0.05, 0.1) is 24.6 Å². The number of aromatic nitrogens is 1. The van der Waals surface area contributed by atoms with Crippen LogP contribution in [0.4, 0.5) is 0 Å². The highest BCUT2D eigenvalue weighted by Gasteiger charge is 2.12. The molecule has 0 aliphatic rings. The van der Waals surface area contributed by atoms with Crippen molar-refractivity contribution in [2.75, 3.05) is 0 Å². The first-order valence-electron chi connectivity index (χ1n) is 6.54. The van der Waals surface area contributed by atoms with Crippen LogP contribution in [0.15, 0.2) is 35.7 Å². The molecule has 1 atom stereocenters. The van der Waals surface area contributed by atoms with E-state index in [1.54, 1.807) is 5.38 Å². The monoisotopic (exact) mass is 304 g/mol. The maximum atomic E-state index is 12.0. The minimum Gasteiger partial charge on any atom is -0.481 e. The van der Waals surface area contributed by atoms with Crippen LogP contribution in [0.25, 0.3) is 0 Å². The van der Waals surface area contributed by atoms with Gasteiger partial charge in [0, 0.05) is 5.38 Å². The van der Waals surface area contributed by atoms with Crippen LogP contribution in [0, 0.1) is 0 Å². The number of hydrogen-bond donors (Lipinski definition) is 2. The Morgan fingerprint density at radius 2 is 2.00 bits per heavy atom. The number of amides is 1. The van der Waals surface area contributed by atoms with Crippen LogP contribution in [0.2, 0.25) is 0 Å². The molecule has 0 saturated carbocycles. The largest absolute Gasteiger partial charge is 0.481 e. The molecule has 0 aliphatic carbocycles. The van der Waals surface area contributed by atoms with E-state index in [2.05, 4.69) is 10.3 Å². The summed E-state index contributed by atoms with van der Waals surface area (Å²) in [5, 5.41) is 13.9. The van der Waals surface area contributed by atoms with Gasteiger partial charge in [-0.15, -0.1) is 11.3 Å². The number of carboxylic acid groups (broad SMARTS) is 1. The van der Waals surface area contributed by atoms with E-state index < -0.39 is 5.97 Å². The van der Waals surface area contributed by atoms with Gasteiger partial charge in [0.15, 0.2) is 0 Å². The molecule has 1 amide bonds. The molecular formula is C15H16N2O3S. The zero-order chi connectivity index (χ0) is 15.2. The average molecular weight is 304 g/mol. The Morgan fingerprint density at radius 3 is 2.67 bits per heavy atom. The Bertz CT molecular complexity index is 625. The number of carboxylic acids is 1. The highest BCUT2D eigenvalue weighted by molar-refractivity contribution is 7.09. The number of carbonyl (C=O) groups excluding carboxylic acids is 1. The van der Waals surface area contributed by atoms with E-state index in [9.17, 15) is 9.59 Å². The van der Waals surface area contributed by atoms with Gasteiger partial charge in [-0.2, -0.15) is 0 Å². The standard InChI is InChI=1S/C15H16N2O3S/c1-10(11-5-3-2-4-6-11)16-13(18)8-14-17-12(9-21-14)7-15(19)20/h2-6,9-10H,7-8H2,1H3,(H,16,18)(H,19,20)/t10-/m0/s1. The lowest BCUT2D eigenvalue weighted by molar-refractivity contribution is -0.136. The van der Waals surface area contributed by atoms with Crippen LogP contribution in [-0.2, 0) is 22.4 Å². The van der Waals surface area contributed by atoms with Gasteiger partial charge in [-0.1, -0.05) is 30.3 Å². The molecule has 0 saturated heterocycles. The van der Waals surface area contributed by atoms with Crippen molar-refractivity contribution in [2.24, 2.45) is 0 Å². The number of aliphatic carboxylic acids is 1. The number of nitrogens with one attached hydrogen (secondary N) is 1. The molecule has 0 fully saturated rings. The van der Waals surface area contributed by atoms with E-state index in [4.69, 9.17) is 5.11 Å². The molecule has 6 heteroatoms. The molecule has 1 heterocycles. The highest BCUT2D eigenvalue weighted by Crippen LogP contribution is 2.14. The first kappa shape index (κ1) is 15.2. The van der Waals surface area contributed by atoms with Gasteiger partial charge in [-0.25, -0.2) is 4.98 Å². The Balaban J connectivity index is 1.89. The van der Waals surface area contributed by atoms with Gasteiger partial charge in [-0.05, 0) is 12.5 Å². The quantitative estimate of drug-likeness (QED) is 0.857. The van der Waals surface area contributed by atoms with Gasteiger partial charge in [-0.3, -0.25) is 9.59 Å². The molecule has 1 aromatic heterocycles. The van der Waals surface area contributed by atoms with E-state index in [-0.39, 0.29) is 24.8 Å². The summed E-state index contributed by atoms with van der Waals surface area (Å²) in [5.41, 5.74) is 1.53. The summed E-state index contributed by atoms with van der Waals surface area (Å²) in [6, 6.07) is 9.63. The lowest BCUT2D eigenvalue weighted by Gasteiger charge is -2.13. The topological polar surface area (TPSA) is 79.3 Å². The fraction of sp³-hybridized carbons (Fsp3) is 0.267. The van der Waals surface area contributed by atoms with Crippen LogP contribution in [0.1, 0.15) is 29.2 Å². The fourth-order valence-electron chi connectivity index (χ4n) is 1.92. The highest BCUT2D eigenvalue weighted by atomic mass is 32.1. The summed E-state index contributed by atoms with van der Waals surface area (Å²) < 4.78 is 0. The molecule has 0 spiro atoms. The van der Waals surface area contributed by atoms with Crippen molar-refractivity contribution in [3.63, 3.8) is 0 Å². The van der Waals surface area contributed by atoms with Crippen molar-refractivity contribution in [3.8, 4) is 0 Å². The number of carbonyl (C=O) groups is 2. The zero-order valence-electron chi connectivity index (χ0n) is 11.6. The van der Waals surface area contributed by atoms with Crippen LogP contribution in [0.3, 0.4) is 0 Å². The van der Waals surface area contributed by atoms with Gasteiger partial charge in [0.25, 0.3) is 0 Å². The molecule has 110 valence electrons. The molecule has 2 rings (SSSR count). The summed E-state index contributed by atoms with van der Waals surface area (Å²) in [5.74, 6) is -1.04. The fourth-order valence-corrected chi connectivity index (χ4v) is 2.71. The van der Waals surface area contributed by atoms with Crippen LogP contribution in [-0.4, -0.2) is 22.0 Å². The predicted molar refractivity (Wildman–Crippen MR) is 80.2 cm³/mol. The lowest BCUT2D eigenvalue weighted by Crippen LogP contribution is -2.28. The third-order valence-electron chi connectivity index (χ3n) is 2.92. The third-order valence-corrected chi connectivity index (χ3v) is 3.82. The van der Waals surface area contributed by atoms with Gasteiger partial charge in [0.1, 0.15) is 5.01 Å². The van der Waals surface area contributed by atoms with Crippen molar-refractivity contribution < 1.29 is 14.7 Å². The van der Waals surface area contributed by atoms with Crippen molar-refractivity contribution in [3.05, 3.63) is 52.0 Å². The minimum atomic E-state index is -0.922. The number of thiazole rings is 1. The van der Waals surface area contributed by atoms with E-state index in [0.717, 1.165) is 5.56 Å². The van der Waals surface area contributed by atoms with Gasteiger partial charge < -0.3 is 10.4 Å². The summed E-state index contributed by atoms with van der Waals surface area (Å²) in [6.07, 6.45) is 0.0556. The number of hydrogen-bond acceptors (Lipinski definition) is 4. The molecule has 2 aromatic rings. The maximum Gasteiger partial charge on any atom is 0.309 e. The molecule has 0 unspecified atom stereocenters. The first-order chi connectivity index (χ1) is 10.0. The SMILES string of the molecule is C[C@H](NC(=O)Cc1nc(CC(=O)O)cs1)c1ccccc1. The number of nitrogens with zero attached hydrogens (tertiary/aromatic N) is 1. The van der Waals surface area contributed by atoms with Crippen LogP contribution in [0.5, 0.6) is 0 Å². The average Bonchev–Trinajstić information content (AvgIpc) is 2.85. The minimum absolute atomic E-state index is 0.0721. The van der Waals surface area contributed by atoms with Crippen LogP contribution < -0.4 is 5.32 Å².